The summed E-state index contributed by atoms with van der Waals surface area (Å²) in [5.41, 5.74) is 3.91. The second kappa shape index (κ2) is 11.6. The van der Waals surface area contributed by atoms with E-state index in [-0.39, 0.29) is 0 Å². The number of methoxy groups -OCH3 is 1. The normalized spacial score (nSPS) is 15.6. The van der Waals surface area contributed by atoms with Crippen LogP contribution in [0, 0.1) is 0 Å². The fourth-order valence-electron chi connectivity index (χ4n) is 4.86. The molecular weight excluding hydrogens is 468 g/mol. The minimum atomic E-state index is 0.508. The van der Waals surface area contributed by atoms with E-state index in [0.29, 0.717) is 17.6 Å². The van der Waals surface area contributed by atoms with Gasteiger partial charge in [0.2, 0.25) is 5.95 Å². The van der Waals surface area contributed by atoms with Crippen LogP contribution in [0.4, 0.5) is 17.6 Å². The lowest BCUT2D eigenvalue weighted by atomic mass is 10.00. The van der Waals surface area contributed by atoms with E-state index >= 15 is 0 Å². The summed E-state index contributed by atoms with van der Waals surface area (Å²) in [5, 5.41) is 7.03. The predicted molar refractivity (Wildman–Crippen MR) is 150 cm³/mol. The standard InChI is InChI=1S/C28H34N6OS/c1-35-24-12-10-21(11-13-24)19-29-28(36)32-27-30-25(33-15-6-2-3-7-16-33)18-26(31-27)34-17-14-22-8-4-5-9-23(22)20-34/h4-5,8-13,18H,2-3,6-7,14-17,19-20H2,1H3,(H2,29,30,31,32,36). The molecule has 0 amide bonds. The van der Waals surface area contributed by atoms with Crippen LogP contribution in [0.1, 0.15) is 42.4 Å². The number of nitrogens with zero attached hydrogens (tertiary/aromatic N) is 4. The molecule has 0 spiro atoms. The van der Waals surface area contributed by atoms with Gasteiger partial charge in [0.1, 0.15) is 17.4 Å². The van der Waals surface area contributed by atoms with Gasteiger partial charge < -0.3 is 25.2 Å². The molecule has 0 atom stereocenters. The molecule has 188 valence electrons. The first-order chi connectivity index (χ1) is 17.7. The van der Waals surface area contributed by atoms with Gasteiger partial charge >= 0.3 is 0 Å². The van der Waals surface area contributed by atoms with E-state index in [1.165, 1.54) is 36.8 Å². The lowest BCUT2D eigenvalue weighted by Gasteiger charge is -2.31. The molecule has 1 aromatic heterocycles. The minimum absolute atomic E-state index is 0.508. The average molecular weight is 503 g/mol. The monoisotopic (exact) mass is 502 g/mol. The van der Waals surface area contributed by atoms with Crippen molar-refractivity contribution in [1.82, 2.24) is 15.3 Å². The first-order valence-corrected chi connectivity index (χ1v) is 13.2. The van der Waals surface area contributed by atoms with E-state index in [2.05, 4.69) is 50.8 Å². The molecule has 0 bridgehead atoms. The maximum atomic E-state index is 5.60. The Labute approximate surface area is 218 Å². The first kappa shape index (κ1) is 24.3. The highest BCUT2D eigenvalue weighted by Gasteiger charge is 2.21. The van der Waals surface area contributed by atoms with E-state index in [1.807, 2.05) is 24.3 Å². The van der Waals surface area contributed by atoms with Crippen molar-refractivity contribution < 1.29 is 4.74 Å². The SMILES string of the molecule is COc1ccc(CNC(=S)Nc2nc(N3CCCCCC3)cc(N3CCc4ccccc4C3)n2)cc1. The largest absolute Gasteiger partial charge is 0.497 e. The summed E-state index contributed by atoms with van der Waals surface area (Å²) in [4.78, 5) is 14.5. The molecule has 7 nitrogen and oxygen atoms in total. The highest BCUT2D eigenvalue weighted by atomic mass is 32.1. The fourth-order valence-corrected chi connectivity index (χ4v) is 5.03. The molecular formula is C28H34N6OS. The van der Waals surface area contributed by atoms with Gasteiger partial charge in [-0.05, 0) is 60.3 Å². The van der Waals surface area contributed by atoms with Crippen LogP contribution >= 0.6 is 12.2 Å². The van der Waals surface area contributed by atoms with Crippen LogP contribution in [0.15, 0.2) is 54.6 Å². The quantitative estimate of drug-likeness (QED) is 0.461. The molecule has 0 aliphatic carbocycles. The second-order valence-corrected chi connectivity index (χ2v) is 9.81. The van der Waals surface area contributed by atoms with E-state index in [1.54, 1.807) is 7.11 Å². The summed E-state index contributed by atoms with van der Waals surface area (Å²) in [5.74, 6) is 3.30. The van der Waals surface area contributed by atoms with Crippen molar-refractivity contribution in [3.8, 4) is 5.75 Å². The van der Waals surface area contributed by atoms with Gasteiger partial charge in [0.15, 0.2) is 5.11 Å². The highest BCUT2D eigenvalue weighted by molar-refractivity contribution is 7.80. The average Bonchev–Trinajstić information content (AvgIpc) is 3.22. The van der Waals surface area contributed by atoms with E-state index < -0.39 is 0 Å². The van der Waals surface area contributed by atoms with Crippen LogP contribution in [0.5, 0.6) is 5.75 Å². The Kier molecular flexibility index (Phi) is 7.81. The number of hydrogen-bond donors (Lipinski definition) is 2. The van der Waals surface area contributed by atoms with Gasteiger partial charge in [0.25, 0.3) is 0 Å². The van der Waals surface area contributed by atoms with Crippen molar-refractivity contribution in [2.45, 2.75) is 45.2 Å². The molecule has 8 heteroatoms. The summed E-state index contributed by atoms with van der Waals surface area (Å²) >= 11 is 5.60. The van der Waals surface area contributed by atoms with Crippen molar-refractivity contribution in [3.05, 3.63) is 71.3 Å². The Morgan fingerprint density at radius 1 is 0.889 bits per heavy atom. The molecule has 36 heavy (non-hydrogen) atoms. The molecule has 1 fully saturated rings. The lowest BCUT2D eigenvalue weighted by Crippen LogP contribution is -2.33. The molecule has 3 heterocycles. The third-order valence-corrected chi connectivity index (χ3v) is 7.17. The Morgan fingerprint density at radius 3 is 2.31 bits per heavy atom. The molecule has 2 N–H and O–H groups in total. The molecule has 1 saturated heterocycles. The number of fused-ring (bicyclic) bond motifs is 1. The van der Waals surface area contributed by atoms with Gasteiger partial charge in [-0.3, -0.25) is 0 Å². The van der Waals surface area contributed by atoms with Crippen molar-refractivity contribution in [2.75, 3.05) is 41.9 Å². The highest BCUT2D eigenvalue weighted by Crippen LogP contribution is 2.28. The van der Waals surface area contributed by atoms with Crippen LogP contribution < -0.4 is 25.2 Å². The maximum absolute atomic E-state index is 5.60. The van der Waals surface area contributed by atoms with Crippen molar-refractivity contribution in [3.63, 3.8) is 0 Å². The van der Waals surface area contributed by atoms with Crippen molar-refractivity contribution >= 4 is 34.9 Å². The minimum Gasteiger partial charge on any atom is -0.497 e. The summed E-state index contributed by atoms with van der Waals surface area (Å²) in [6.45, 7) is 4.45. The van der Waals surface area contributed by atoms with Crippen LogP contribution in [0.25, 0.3) is 0 Å². The fraction of sp³-hybridized carbons (Fsp3) is 0.393. The first-order valence-electron chi connectivity index (χ1n) is 12.8. The number of thiocarbonyl (C=S) groups is 1. The number of nitrogens with one attached hydrogen (secondary N) is 2. The molecule has 0 saturated carbocycles. The van der Waals surface area contributed by atoms with Crippen LogP contribution in [-0.2, 0) is 19.5 Å². The van der Waals surface area contributed by atoms with Crippen LogP contribution in [-0.4, -0.2) is 41.8 Å². The molecule has 2 aromatic carbocycles. The molecule has 0 radical (unpaired) electrons. The summed E-state index contributed by atoms with van der Waals surface area (Å²) < 4.78 is 5.24. The van der Waals surface area contributed by atoms with Crippen molar-refractivity contribution in [1.29, 1.82) is 0 Å². The molecule has 0 unspecified atom stereocenters. The third kappa shape index (κ3) is 6.05. The summed E-state index contributed by atoms with van der Waals surface area (Å²) in [6.07, 6.45) is 5.97. The topological polar surface area (TPSA) is 65.6 Å². The van der Waals surface area contributed by atoms with Gasteiger partial charge in [-0.25, -0.2) is 0 Å². The zero-order valence-electron chi connectivity index (χ0n) is 20.9. The van der Waals surface area contributed by atoms with Crippen LogP contribution in [0.2, 0.25) is 0 Å². The zero-order valence-corrected chi connectivity index (χ0v) is 21.7. The number of ether oxygens (including phenoxy) is 1. The third-order valence-electron chi connectivity index (χ3n) is 6.92. The van der Waals surface area contributed by atoms with Crippen LogP contribution in [0.3, 0.4) is 0 Å². The maximum Gasteiger partial charge on any atom is 0.232 e. The molecule has 5 rings (SSSR count). The van der Waals surface area contributed by atoms with E-state index in [4.69, 9.17) is 26.9 Å². The Hall–Kier alpha value is -3.39. The number of anilines is 3. The lowest BCUT2D eigenvalue weighted by molar-refractivity contribution is 0.414. The molecule has 2 aliphatic rings. The Bertz CT molecular complexity index is 1180. The zero-order chi connectivity index (χ0) is 24.7. The smallest absolute Gasteiger partial charge is 0.232 e. The number of aromatic nitrogens is 2. The number of rotatable bonds is 6. The number of hydrogen-bond acceptors (Lipinski definition) is 6. The van der Waals surface area contributed by atoms with E-state index in [0.717, 1.165) is 55.5 Å². The summed E-state index contributed by atoms with van der Waals surface area (Å²) in [6, 6.07) is 18.8. The van der Waals surface area contributed by atoms with E-state index in [9.17, 15) is 0 Å². The van der Waals surface area contributed by atoms with Gasteiger partial charge in [-0.1, -0.05) is 49.2 Å². The summed E-state index contributed by atoms with van der Waals surface area (Å²) in [7, 11) is 1.67. The number of benzene rings is 2. The van der Waals surface area contributed by atoms with Gasteiger partial charge in [0.05, 0.1) is 7.11 Å². The molecule has 3 aromatic rings. The Morgan fingerprint density at radius 2 is 1.58 bits per heavy atom. The second-order valence-electron chi connectivity index (χ2n) is 9.41. The van der Waals surface area contributed by atoms with Crippen molar-refractivity contribution in [2.24, 2.45) is 0 Å². The predicted octanol–water partition coefficient (Wildman–Crippen LogP) is 4.91. The van der Waals surface area contributed by atoms with Gasteiger partial charge in [-0.15, -0.1) is 0 Å². The van der Waals surface area contributed by atoms with Gasteiger partial charge in [0, 0.05) is 38.8 Å². The van der Waals surface area contributed by atoms with Gasteiger partial charge in [-0.2, -0.15) is 9.97 Å². The Balaban J connectivity index is 1.33. The molecule has 2 aliphatic heterocycles.